The van der Waals surface area contributed by atoms with Crippen LogP contribution in [0.3, 0.4) is 0 Å². The van der Waals surface area contributed by atoms with Gasteiger partial charge in [0.2, 0.25) is 0 Å². The molecule has 3 aliphatic rings. The zero-order chi connectivity index (χ0) is 32.9. The number of rotatable bonds is 9. The number of benzene rings is 1. The number of carboxylic acids is 1. The van der Waals surface area contributed by atoms with Gasteiger partial charge in [-0.05, 0) is 102 Å². The molecule has 10 nitrogen and oxygen atoms in total. The highest BCUT2D eigenvalue weighted by molar-refractivity contribution is 9.12. The van der Waals surface area contributed by atoms with Crippen LogP contribution in [0.1, 0.15) is 77.3 Å². The summed E-state index contributed by atoms with van der Waals surface area (Å²) >= 11 is 6.35. The number of azide groups is 1. The Morgan fingerprint density at radius 1 is 1.30 bits per heavy atom. The van der Waals surface area contributed by atoms with E-state index >= 15 is 0 Å². The fourth-order valence-corrected chi connectivity index (χ4v) is 6.16. The van der Waals surface area contributed by atoms with Crippen molar-refractivity contribution in [2.24, 2.45) is 28.4 Å². The lowest BCUT2D eigenvalue weighted by molar-refractivity contribution is -0.147. The van der Waals surface area contributed by atoms with Crippen LogP contribution in [0.2, 0.25) is 0 Å². The first-order valence-electron chi connectivity index (χ1n) is 14.9. The van der Waals surface area contributed by atoms with Crippen LogP contribution in [0.15, 0.2) is 39.8 Å². The number of carbonyl (C=O) groups excluding carboxylic acids is 1. The molecule has 0 spiro atoms. The average molecular weight is 744 g/mol. The Morgan fingerprint density at radius 2 is 2.02 bits per heavy atom. The number of methoxy groups -OCH3 is 1. The lowest BCUT2D eigenvalue weighted by atomic mass is 9.87. The van der Waals surface area contributed by atoms with E-state index in [0.29, 0.717) is 39.1 Å². The number of allylic oxidation sites excluding steroid dienone is 1. The number of hydrogen-bond donors (Lipinski definition) is 1. The second-order valence-electron chi connectivity index (χ2n) is 11.8. The first-order chi connectivity index (χ1) is 21.0. The first-order valence-corrected chi connectivity index (χ1v) is 17.3. The lowest BCUT2D eigenvalue weighted by Crippen LogP contribution is -2.30. The normalized spacial score (nSPS) is 23.8. The van der Waals surface area contributed by atoms with Crippen LogP contribution in [0.5, 0.6) is 11.5 Å². The number of carboxylic acid groups (broad SMARTS) is 1. The van der Waals surface area contributed by atoms with Crippen molar-refractivity contribution >= 4 is 43.8 Å². The topological polar surface area (TPSA) is 140 Å². The number of aryl methyl sites for hydroxylation is 1. The summed E-state index contributed by atoms with van der Waals surface area (Å²) in [7, 11) is 1.61. The summed E-state index contributed by atoms with van der Waals surface area (Å²) in [4.78, 5) is 31.0. The van der Waals surface area contributed by atoms with Crippen LogP contribution in [0.4, 0.5) is 0 Å². The maximum absolute atomic E-state index is 12.5. The second kappa shape index (κ2) is 18.3. The molecule has 0 bridgehead atoms. The Balaban J connectivity index is 0.000000403. The monoisotopic (exact) mass is 741 g/mol. The molecule has 4 atom stereocenters. The Hall–Kier alpha value is -2.69. The maximum Gasteiger partial charge on any atom is 0.310 e. The summed E-state index contributed by atoms with van der Waals surface area (Å²) in [6.07, 6.45) is 10.3. The summed E-state index contributed by atoms with van der Waals surface area (Å²) in [6.45, 7) is 8.50. The minimum absolute atomic E-state index is 0.0597. The molecular formula is C32H45Br2N3O7. The van der Waals surface area contributed by atoms with Crippen molar-refractivity contribution in [3.05, 3.63) is 56.1 Å². The number of aliphatic carboxylic acids is 1. The van der Waals surface area contributed by atoms with Crippen molar-refractivity contribution in [2.45, 2.75) is 85.2 Å². The summed E-state index contributed by atoms with van der Waals surface area (Å²) in [5, 5.41) is 12.1. The maximum atomic E-state index is 12.5. The predicted molar refractivity (Wildman–Crippen MR) is 177 cm³/mol. The molecular weight excluding hydrogens is 698 g/mol. The highest BCUT2D eigenvalue weighted by Gasteiger charge is 2.40. The van der Waals surface area contributed by atoms with E-state index in [0.717, 1.165) is 37.7 Å². The highest BCUT2D eigenvalue weighted by atomic mass is 79.9. The summed E-state index contributed by atoms with van der Waals surface area (Å²) in [6, 6.07) is 3.88. The molecule has 4 rings (SSSR count). The van der Waals surface area contributed by atoms with Gasteiger partial charge in [0.15, 0.2) is 0 Å². The number of carbonyl (C=O) groups is 2. The molecule has 0 amide bonds. The molecule has 1 saturated carbocycles. The van der Waals surface area contributed by atoms with Crippen LogP contribution >= 0.6 is 31.9 Å². The number of nitrogens with zero attached hydrogens (tertiary/aromatic N) is 3. The summed E-state index contributed by atoms with van der Waals surface area (Å²) < 4.78 is 18.1. The molecule has 1 aromatic carbocycles. The molecule has 44 heavy (non-hydrogen) atoms. The van der Waals surface area contributed by atoms with E-state index in [1.165, 1.54) is 12.8 Å². The minimum atomic E-state index is -0.610. The van der Waals surface area contributed by atoms with Crippen molar-refractivity contribution in [1.82, 2.24) is 0 Å². The Bertz CT molecular complexity index is 1250. The smallest absolute Gasteiger partial charge is 0.310 e. The number of fused-ring (bicyclic) bond motifs is 2. The van der Waals surface area contributed by atoms with Gasteiger partial charge >= 0.3 is 11.9 Å². The SMILES string of the molecule is CBr.CCCC1CCC(C)(C(=O)O)C1.COc1c(CCC(C)C)ccc2c1CC(=O)OCC1C=C(ON=[N+]=[N-])C(Br)=CC1O2. The molecule has 1 heterocycles. The van der Waals surface area contributed by atoms with E-state index in [1.54, 1.807) is 19.3 Å². The molecule has 1 aromatic rings. The Kier molecular flexibility index (Phi) is 15.6. The van der Waals surface area contributed by atoms with Crippen LogP contribution in [0, 0.1) is 23.2 Å². The van der Waals surface area contributed by atoms with Crippen LogP contribution < -0.4 is 9.47 Å². The number of hydrogen-bond acceptors (Lipinski definition) is 7. The minimum Gasteiger partial charge on any atom is -0.496 e. The van der Waals surface area contributed by atoms with Gasteiger partial charge in [-0.25, -0.2) is 0 Å². The molecule has 0 radical (unpaired) electrons. The lowest BCUT2D eigenvalue weighted by Gasteiger charge is -2.27. The van der Waals surface area contributed by atoms with E-state index in [1.807, 2.05) is 24.9 Å². The molecule has 0 aromatic heterocycles. The first kappa shape index (κ1) is 37.5. The average Bonchev–Trinajstić information content (AvgIpc) is 3.41. The van der Waals surface area contributed by atoms with Gasteiger partial charge in [-0.15, -0.1) is 0 Å². The number of halogens is 2. The van der Waals surface area contributed by atoms with E-state index in [2.05, 4.69) is 62.8 Å². The fraction of sp³-hybridized carbons (Fsp3) is 0.625. The van der Waals surface area contributed by atoms with Crippen molar-refractivity contribution in [2.75, 3.05) is 19.5 Å². The zero-order valence-corrected chi connectivity index (χ0v) is 29.6. The molecule has 244 valence electrons. The number of esters is 1. The second-order valence-corrected chi connectivity index (χ2v) is 12.7. The third-order valence-electron chi connectivity index (χ3n) is 8.08. The van der Waals surface area contributed by atoms with Crippen molar-refractivity contribution in [1.29, 1.82) is 0 Å². The largest absolute Gasteiger partial charge is 0.496 e. The third kappa shape index (κ3) is 10.4. The van der Waals surface area contributed by atoms with E-state index in [4.69, 9.17) is 29.7 Å². The van der Waals surface area contributed by atoms with Gasteiger partial charge in [0, 0.05) is 10.5 Å². The van der Waals surface area contributed by atoms with E-state index < -0.39 is 17.5 Å². The molecule has 1 N–H and O–H groups in total. The van der Waals surface area contributed by atoms with Gasteiger partial charge in [-0.3, -0.25) is 9.59 Å². The fourth-order valence-electron chi connectivity index (χ4n) is 5.69. The van der Waals surface area contributed by atoms with Crippen LogP contribution in [-0.4, -0.2) is 42.7 Å². The summed E-state index contributed by atoms with van der Waals surface area (Å²) in [5.41, 5.74) is 9.80. The molecule has 1 aliphatic heterocycles. The van der Waals surface area contributed by atoms with Crippen molar-refractivity contribution < 1.29 is 33.7 Å². The number of alkyl halides is 1. The van der Waals surface area contributed by atoms with Crippen molar-refractivity contribution in [3.8, 4) is 11.5 Å². The van der Waals surface area contributed by atoms with Gasteiger partial charge in [0.25, 0.3) is 0 Å². The zero-order valence-electron chi connectivity index (χ0n) is 26.5. The number of cyclic esters (lactones) is 1. The molecule has 0 saturated heterocycles. The molecule has 2 aliphatic carbocycles. The highest BCUT2D eigenvalue weighted by Crippen LogP contribution is 2.43. The van der Waals surface area contributed by atoms with Gasteiger partial charge in [-0.2, -0.15) is 0 Å². The van der Waals surface area contributed by atoms with Gasteiger partial charge in [0.05, 0.1) is 29.3 Å². The quantitative estimate of drug-likeness (QED) is 0.0666. The number of ether oxygens (including phenoxy) is 3. The Morgan fingerprint density at radius 3 is 2.61 bits per heavy atom. The summed E-state index contributed by atoms with van der Waals surface area (Å²) in [5.74, 6) is 3.35. The predicted octanol–water partition coefficient (Wildman–Crippen LogP) is 8.85. The van der Waals surface area contributed by atoms with Gasteiger partial charge < -0.3 is 24.2 Å². The van der Waals surface area contributed by atoms with E-state index in [-0.39, 0.29) is 24.9 Å². The van der Waals surface area contributed by atoms with Gasteiger partial charge in [-0.1, -0.05) is 55.6 Å². The van der Waals surface area contributed by atoms with Crippen molar-refractivity contribution in [3.63, 3.8) is 0 Å². The van der Waals surface area contributed by atoms with Crippen LogP contribution in [0.25, 0.3) is 10.4 Å². The molecule has 12 heteroatoms. The Labute approximate surface area is 277 Å². The van der Waals surface area contributed by atoms with Gasteiger partial charge in [0.1, 0.15) is 35.2 Å². The molecule has 1 fully saturated rings. The molecule has 4 unspecified atom stereocenters. The standard InChI is InChI=1S/C21H24BrN3O5.C10H18O2.CH3Br/c1-12(2)4-5-13-6-7-17-15(21(13)27-3)9-20(26)28-11-14-8-19(30-25-24-23)16(22)10-18(14)29-17;1-3-4-8-5-6-10(2,7-8)9(11)12;1-2/h6-8,10,12,14,18H,4-5,9,11H2,1-3H3;8H,3-7H2,1-2H3,(H,11,12);1H3. The third-order valence-corrected chi connectivity index (χ3v) is 8.74. The van der Waals surface area contributed by atoms with E-state index in [9.17, 15) is 9.59 Å². The van der Waals surface area contributed by atoms with Crippen LogP contribution in [-0.2, 0) is 32.0 Å².